The van der Waals surface area contributed by atoms with Gasteiger partial charge < -0.3 is 5.32 Å². The SMILES string of the molecule is CCC1(C)CNCCN1CC1CCCN(S(C)(=O)=O)C1. The Morgan fingerprint density at radius 2 is 2.10 bits per heavy atom. The molecule has 0 radical (unpaired) electrons. The van der Waals surface area contributed by atoms with Gasteiger partial charge in [0.05, 0.1) is 6.26 Å². The Labute approximate surface area is 123 Å². The number of nitrogens with one attached hydrogen (secondary N) is 1. The number of piperidine rings is 1. The lowest BCUT2D eigenvalue weighted by Crippen LogP contribution is -2.61. The number of piperazine rings is 1. The molecule has 0 aliphatic carbocycles. The van der Waals surface area contributed by atoms with Gasteiger partial charge in [-0.3, -0.25) is 4.90 Å². The van der Waals surface area contributed by atoms with Crippen LogP contribution < -0.4 is 5.32 Å². The summed E-state index contributed by atoms with van der Waals surface area (Å²) in [5.41, 5.74) is 0.214. The highest BCUT2D eigenvalue weighted by Gasteiger charge is 2.35. The molecule has 2 heterocycles. The lowest BCUT2D eigenvalue weighted by atomic mass is 9.90. The average molecular weight is 303 g/mol. The molecular formula is C14H29N3O2S. The maximum Gasteiger partial charge on any atom is 0.211 e. The summed E-state index contributed by atoms with van der Waals surface area (Å²) in [6.45, 7) is 10.1. The molecule has 0 spiro atoms. The van der Waals surface area contributed by atoms with Crippen LogP contribution in [0.5, 0.6) is 0 Å². The highest BCUT2D eigenvalue weighted by molar-refractivity contribution is 7.88. The molecule has 2 fully saturated rings. The topological polar surface area (TPSA) is 52.6 Å². The van der Waals surface area contributed by atoms with E-state index in [-0.39, 0.29) is 5.54 Å². The van der Waals surface area contributed by atoms with Crippen molar-refractivity contribution >= 4 is 10.0 Å². The maximum atomic E-state index is 11.7. The molecule has 1 N–H and O–H groups in total. The van der Waals surface area contributed by atoms with Gasteiger partial charge in [0, 0.05) is 44.8 Å². The number of hydrogen-bond donors (Lipinski definition) is 1. The van der Waals surface area contributed by atoms with Gasteiger partial charge >= 0.3 is 0 Å². The van der Waals surface area contributed by atoms with E-state index in [2.05, 4.69) is 24.1 Å². The molecule has 2 aliphatic heterocycles. The van der Waals surface area contributed by atoms with Crippen molar-refractivity contribution in [2.24, 2.45) is 5.92 Å². The van der Waals surface area contributed by atoms with Crippen molar-refractivity contribution in [3.63, 3.8) is 0 Å². The third-order valence-electron chi connectivity index (χ3n) is 5.02. The van der Waals surface area contributed by atoms with E-state index in [0.717, 1.165) is 45.4 Å². The van der Waals surface area contributed by atoms with Crippen molar-refractivity contribution in [3.05, 3.63) is 0 Å². The van der Waals surface area contributed by atoms with E-state index < -0.39 is 10.0 Å². The summed E-state index contributed by atoms with van der Waals surface area (Å²) in [6.07, 6.45) is 4.60. The van der Waals surface area contributed by atoms with Gasteiger partial charge in [-0.25, -0.2) is 12.7 Å². The van der Waals surface area contributed by atoms with Crippen LogP contribution in [0.15, 0.2) is 0 Å². The first-order chi connectivity index (χ1) is 9.35. The molecule has 2 unspecified atom stereocenters. The molecule has 20 heavy (non-hydrogen) atoms. The smallest absolute Gasteiger partial charge is 0.211 e. The predicted octanol–water partition coefficient (Wildman–Crippen LogP) is 0.732. The van der Waals surface area contributed by atoms with E-state index >= 15 is 0 Å². The molecule has 2 rings (SSSR count). The van der Waals surface area contributed by atoms with Crippen LogP contribution in [0, 0.1) is 5.92 Å². The quantitative estimate of drug-likeness (QED) is 0.832. The molecule has 5 nitrogen and oxygen atoms in total. The molecule has 0 amide bonds. The zero-order chi connectivity index (χ0) is 14.8. The minimum absolute atomic E-state index is 0.214. The van der Waals surface area contributed by atoms with Gasteiger partial charge in [-0.05, 0) is 32.1 Å². The zero-order valence-electron chi connectivity index (χ0n) is 13.1. The minimum atomic E-state index is -3.03. The lowest BCUT2D eigenvalue weighted by molar-refractivity contribution is 0.0457. The van der Waals surface area contributed by atoms with Crippen LogP contribution in [-0.2, 0) is 10.0 Å². The van der Waals surface area contributed by atoms with Crippen LogP contribution in [0.1, 0.15) is 33.1 Å². The Kier molecular flexibility index (Phi) is 5.10. The zero-order valence-corrected chi connectivity index (χ0v) is 13.9. The third kappa shape index (κ3) is 3.72. The van der Waals surface area contributed by atoms with E-state index in [0.29, 0.717) is 19.0 Å². The van der Waals surface area contributed by atoms with Crippen LogP contribution in [0.25, 0.3) is 0 Å². The lowest BCUT2D eigenvalue weighted by Gasteiger charge is -2.47. The Balaban J connectivity index is 1.98. The molecule has 2 atom stereocenters. The molecule has 0 aromatic heterocycles. The molecular weight excluding hydrogens is 274 g/mol. The summed E-state index contributed by atoms with van der Waals surface area (Å²) < 4.78 is 25.1. The van der Waals surface area contributed by atoms with Gasteiger partial charge in [-0.15, -0.1) is 0 Å². The molecule has 2 saturated heterocycles. The summed E-state index contributed by atoms with van der Waals surface area (Å²) in [4.78, 5) is 2.57. The standard InChI is InChI=1S/C14H29N3O2S/c1-4-14(2)12-15-7-9-16(14)10-13-6-5-8-17(11-13)20(3,18)19/h13,15H,4-12H2,1-3H3. The van der Waals surface area contributed by atoms with E-state index in [1.54, 1.807) is 4.31 Å². The van der Waals surface area contributed by atoms with E-state index in [1.807, 2.05) is 0 Å². The minimum Gasteiger partial charge on any atom is -0.314 e. The largest absolute Gasteiger partial charge is 0.314 e. The van der Waals surface area contributed by atoms with Crippen LogP contribution in [0.2, 0.25) is 0 Å². The molecule has 118 valence electrons. The van der Waals surface area contributed by atoms with Crippen molar-refractivity contribution in [3.8, 4) is 0 Å². The first-order valence-corrected chi connectivity index (χ1v) is 9.61. The Morgan fingerprint density at radius 1 is 1.35 bits per heavy atom. The molecule has 2 aliphatic rings. The normalized spacial score (nSPS) is 34.2. The Hall–Kier alpha value is -0.170. The van der Waals surface area contributed by atoms with Crippen LogP contribution >= 0.6 is 0 Å². The van der Waals surface area contributed by atoms with E-state index in [4.69, 9.17) is 0 Å². The van der Waals surface area contributed by atoms with Crippen molar-refractivity contribution in [1.29, 1.82) is 0 Å². The van der Waals surface area contributed by atoms with Gasteiger partial charge in [0.15, 0.2) is 0 Å². The highest BCUT2D eigenvalue weighted by Crippen LogP contribution is 2.26. The van der Waals surface area contributed by atoms with E-state index in [1.165, 1.54) is 6.26 Å². The highest BCUT2D eigenvalue weighted by atomic mass is 32.2. The first kappa shape index (κ1) is 16.2. The number of nitrogens with zero attached hydrogens (tertiary/aromatic N) is 2. The molecule has 6 heteroatoms. The van der Waals surface area contributed by atoms with Gasteiger partial charge in [0.1, 0.15) is 0 Å². The Morgan fingerprint density at radius 3 is 2.75 bits per heavy atom. The van der Waals surface area contributed by atoms with Crippen molar-refractivity contribution in [1.82, 2.24) is 14.5 Å². The fourth-order valence-electron chi connectivity index (χ4n) is 3.40. The third-order valence-corrected chi connectivity index (χ3v) is 6.29. The second-order valence-corrected chi connectivity index (χ2v) is 8.58. The summed E-state index contributed by atoms with van der Waals surface area (Å²) in [7, 11) is -3.03. The van der Waals surface area contributed by atoms with Gasteiger partial charge in [-0.2, -0.15) is 0 Å². The van der Waals surface area contributed by atoms with Gasteiger partial charge in [0.2, 0.25) is 10.0 Å². The average Bonchev–Trinajstić information content (AvgIpc) is 2.41. The summed E-state index contributed by atoms with van der Waals surface area (Å²) in [5.74, 6) is 0.474. The summed E-state index contributed by atoms with van der Waals surface area (Å²) in [6, 6.07) is 0. The van der Waals surface area contributed by atoms with Gasteiger partial charge in [0.25, 0.3) is 0 Å². The maximum absolute atomic E-state index is 11.7. The van der Waals surface area contributed by atoms with Crippen LogP contribution in [-0.4, -0.2) is 68.7 Å². The number of rotatable bonds is 4. The van der Waals surface area contributed by atoms with Crippen LogP contribution in [0.3, 0.4) is 0 Å². The Bertz CT molecular complexity index is 426. The summed E-state index contributed by atoms with van der Waals surface area (Å²) in [5, 5.41) is 3.48. The van der Waals surface area contributed by atoms with Crippen molar-refractivity contribution in [2.75, 3.05) is 45.5 Å². The first-order valence-electron chi connectivity index (χ1n) is 7.76. The van der Waals surface area contributed by atoms with Gasteiger partial charge in [-0.1, -0.05) is 6.92 Å². The molecule has 0 bridgehead atoms. The van der Waals surface area contributed by atoms with E-state index in [9.17, 15) is 8.42 Å². The fraction of sp³-hybridized carbons (Fsp3) is 1.00. The molecule has 0 aromatic rings. The summed E-state index contributed by atoms with van der Waals surface area (Å²) >= 11 is 0. The number of sulfonamides is 1. The molecule has 0 saturated carbocycles. The molecule has 0 aromatic carbocycles. The fourth-order valence-corrected chi connectivity index (χ4v) is 4.34. The van der Waals surface area contributed by atoms with Crippen molar-refractivity contribution < 1.29 is 8.42 Å². The second kappa shape index (κ2) is 6.30. The van der Waals surface area contributed by atoms with Crippen molar-refractivity contribution in [2.45, 2.75) is 38.6 Å². The van der Waals surface area contributed by atoms with Crippen LogP contribution in [0.4, 0.5) is 0 Å². The number of hydrogen-bond acceptors (Lipinski definition) is 4. The monoisotopic (exact) mass is 303 g/mol. The predicted molar refractivity (Wildman–Crippen MR) is 82.3 cm³/mol. The second-order valence-electron chi connectivity index (χ2n) is 6.60.